The van der Waals surface area contributed by atoms with Crippen LogP contribution in [0.15, 0.2) is 18.2 Å². The first-order chi connectivity index (χ1) is 13.7. The largest absolute Gasteiger partial charge is 0.493 e. The van der Waals surface area contributed by atoms with E-state index in [-0.39, 0.29) is 17.5 Å². The molecule has 1 fully saturated rings. The molecular formula is C22H34N3O3S+. The smallest absolute Gasteiger partial charge is 0.152 e. The van der Waals surface area contributed by atoms with E-state index in [1.807, 2.05) is 11.6 Å². The molecule has 1 N–H and O–H groups in total. The number of nitrogens with zero attached hydrogens (tertiary/aromatic N) is 2. The Hall–Kier alpha value is -1.86. The molecular weight excluding hydrogens is 386 g/mol. The van der Waals surface area contributed by atoms with Crippen LogP contribution in [0.25, 0.3) is 0 Å². The first kappa shape index (κ1) is 21.8. The maximum atomic E-state index is 11.8. The third-order valence-corrected chi connectivity index (χ3v) is 7.61. The molecule has 3 rings (SSSR count). The quantitative estimate of drug-likeness (QED) is 0.663. The first-order valence-electron chi connectivity index (χ1n) is 10.4. The maximum Gasteiger partial charge on any atom is 0.152 e. The normalized spacial score (nSPS) is 19.4. The Morgan fingerprint density at radius 2 is 2.00 bits per heavy atom. The predicted octanol–water partition coefficient (Wildman–Crippen LogP) is 1.96. The van der Waals surface area contributed by atoms with Gasteiger partial charge in [-0.2, -0.15) is 5.10 Å². The molecule has 0 saturated carbocycles. The van der Waals surface area contributed by atoms with Crippen LogP contribution in [0, 0.1) is 27.7 Å². The van der Waals surface area contributed by atoms with Crippen molar-refractivity contribution in [2.45, 2.75) is 53.1 Å². The summed E-state index contributed by atoms with van der Waals surface area (Å²) in [5.41, 5.74) is 5.74. The Morgan fingerprint density at radius 1 is 1.24 bits per heavy atom. The van der Waals surface area contributed by atoms with Gasteiger partial charge >= 0.3 is 0 Å². The Kier molecular flexibility index (Phi) is 6.69. The van der Waals surface area contributed by atoms with Crippen LogP contribution in [0.5, 0.6) is 5.75 Å². The fourth-order valence-electron chi connectivity index (χ4n) is 4.09. The third kappa shape index (κ3) is 5.39. The van der Waals surface area contributed by atoms with E-state index in [0.717, 1.165) is 36.6 Å². The number of aromatic nitrogens is 2. The van der Waals surface area contributed by atoms with Gasteiger partial charge in [0, 0.05) is 12.1 Å². The summed E-state index contributed by atoms with van der Waals surface area (Å²) in [6, 6.07) is 6.28. The van der Waals surface area contributed by atoms with Crippen molar-refractivity contribution in [1.29, 1.82) is 0 Å². The SMILES string of the molecule is Cc1ccc(C)c(OCCC[NH+](C)Cc2c(C)nn([C@@H]3CCS(=O)(=O)C3)c2C)c1. The molecule has 1 aliphatic heterocycles. The highest BCUT2D eigenvalue weighted by molar-refractivity contribution is 7.91. The van der Waals surface area contributed by atoms with E-state index in [1.165, 1.54) is 21.6 Å². The summed E-state index contributed by atoms with van der Waals surface area (Å²) < 4.78 is 31.6. The Labute approximate surface area is 174 Å². The van der Waals surface area contributed by atoms with Gasteiger partial charge in [0.25, 0.3) is 0 Å². The van der Waals surface area contributed by atoms with Crippen molar-refractivity contribution in [2.75, 3.05) is 31.7 Å². The second-order valence-electron chi connectivity index (χ2n) is 8.51. The topological polar surface area (TPSA) is 65.6 Å². The summed E-state index contributed by atoms with van der Waals surface area (Å²) in [7, 11) is -0.722. The highest BCUT2D eigenvalue weighted by Crippen LogP contribution is 2.26. The molecule has 2 heterocycles. The van der Waals surface area contributed by atoms with Gasteiger partial charge in [0.05, 0.1) is 49.0 Å². The maximum absolute atomic E-state index is 11.8. The molecule has 0 bridgehead atoms. The summed E-state index contributed by atoms with van der Waals surface area (Å²) in [5.74, 6) is 1.46. The molecule has 6 nitrogen and oxygen atoms in total. The van der Waals surface area contributed by atoms with Crippen molar-refractivity contribution in [2.24, 2.45) is 0 Å². The molecule has 160 valence electrons. The van der Waals surface area contributed by atoms with Crippen molar-refractivity contribution in [3.63, 3.8) is 0 Å². The van der Waals surface area contributed by atoms with Crippen LogP contribution in [0.1, 0.15) is 47.0 Å². The second kappa shape index (κ2) is 8.88. The Bertz CT molecular complexity index is 966. The Balaban J connectivity index is 1.53. The molecule has 0 amide bonds. The molecule has 1 aromatic heterocycles. The molecule has 0 aliphatic carbocycles. The van der Waals surface area contributed by atoms with Crippen LogP contribution in [0.2, 0.25) is 0 Å². The van der Waals surface area contributed by atoms with E-state index in [9.17, 15) is 8.42 Å². The molecule has 0 spiro atoms. The number of sulfone groups is 1. The minimum atomic E-state index is -2.91. The molecule has 29 heavy (non-hydrogen) atoms. The number of aryl methyl sites for hydroxylation is 3. The lowest BCUT2D eigenvalue weighted by Gasteiger charge is -2.16. The van der Waals surface area contributed by atoms with E-state index >= 15 is 0 Å². The van der Waals surface area contributed by atoms with Gasteiger partial charge in [-0.25, -0.2) is 8.42 Å². The molecule has 2 aromatic rings. The number of ether oxygens (including phenoxy) is 1. The Morgan fingerprint density at radius 3 is 2.69 bits per heavy atom. The number of hydrogen-bond acceptors (Lipinski definition) is 4. The summed E-state index contributed by atoms with van der Waals surface area (Å²) in [6.45, 7) is 10.9. The summed E-state index contributed by atoms with van der Waals surface area (Å²) >= 11 is 0. The van der Waals surface area contributed by atoms with Gasteiger partial charge in [-0.3, -0.25) is 4.68 Å². The first-order valence-corrected chi connectivity index (χ1v) is 12.2. The fraction of sp³-hybridized carbons (Fsp3) is 0.591. The molecule has 1 aliphatic rings. The summed E-state index contributed by atoms with van der Waals surface area (Å²) in [5, 5.41) is 4.68. The van der Waals surface area contributed by atoms with Gasteiger partial charge in [0.2, 0.25) is 0 Å². The van der Waals surface area contributed by atoms with Crippen LogP contribution >= 0.6 is 0 Å². The standard InChI is InChI=1S/C22H33N3O3S/c1-16-7-8-17(2)22(13-16)28-11-6-10-24(5)14-21-18(3)23-25(19(21)4)20-9-12-29(26,27)15-20/h7-8,13,20H,6,9-12,14-15H2,1-5H3/p+1/t20-/m1/s1. The van der Waals surface area contributed by atoms with Crippen LogP contribution < -0.4 is 9.64 Å². The molecule has 2 atom stereocenters. The summed E-state index contributed by atoms with van der Waals surface area (Å²) in [4.78, 5) is 1.40. The zero-order valence-electron chi connectivity index (χ0n) is 18.3. The van der Waals surface area contributed by atoms with Crippen LogP contribution in [-0.4, -0.2) is 49.9 Å². The van der Waals surface area contributed by atoms with Crippen LogP contribution in [0.3, 0.4) is 0 Å². The third-order valence-electron chi connectivity index (χ3n) is 5.86. The van der Waals surface area contributed by atoms with E-state index < -0.39 is 9.84 Å². The zero-order chi connectivity index (χ0) is 21.2. The molecule has 1 unspecified atom stereocenters. The van der Waals surface area contributed by atoms with E-state index in [2.05, 4.69) is 51.1 Å². The van der Waals surface area contributed by atoms with Crippen LogP contribution in [0.4, 0.5) is 0 Å². The summed E-state index contributed by atoms with van der Waals surface area (Å²) in [6.07, 6.45) is 1.65. The van der Waals surface area contributed by atoms with Gasteiger partial charge < -0.3 is 9.64 Å². The number of benzene rings is 1. The molecule has 0 radical (unpaired) electrons. The van der Waals surface area contributed by atoms with Gasteiger partial charge in [-0.15, -0.1) is 0 Å². The molecule has 7 heteroatoms. The number of nitrogens with one attached hydrogen (secondary N) is 1. The highest BCUT2D eigenvalue weighted by atomic mass is 32.2. The minimum Gasteiger partial charge on any atom is -0.493 e. The lowest BCUT2D eigenvalue weighted by atomic mass is 10.1. The van der Waals surface area contributed by atoms with Gasteiger partial charge in [0.1, 0.15) is 12.3 Å². The van der Waals surface area contributed by atoms with Crippen molar-refractivity contribution < 1.29 is 18.1 Å². The lowest BCUT2D eigenvalue weighted by Crippen LogP contribution is -3.07. The van der Waals surface area contributed by atoms with Crippen LogP contribution in [-0.2, 0) is 16.4 Å². The van der Waals surface area contributed by atoms with Crippen molar-refractivity contribution in [1.82, 2.24) is 9.78 Å². The van der Waals surface area contributed by atoms with Crippen molar-refractivity contribution in [3.05, 3.63) is 46.3 Å². The van der Waals surface area contributed by atoms with E-state index in [0.29, 0.717) is 13.0 Å². The zero-order valence-corrected chi connectivity index (χ0v) is 19.1. The number of hydrogen-bond donors (Lipinski definition) is 1. The minimum absolute atomic E-state index is 0.0151. The lowest BCUT2D eigenvalue weighted by molar-refractivity contribution is -0.894. The number of quaternary nitrogens is 1. The van der Waals surface area contributed by atoms with Crippen molar-refractivity contribution >= 4 is 9.84 Å². The van der Waals surface area contributed by atoms with Gasteiger partial charge in [0.15, 0.2) is 9.84 Å². The number of rotatable bonds is 8. The van der Waals surface area contributed by atoms with E-state index in [4.69, 9.17) is 4.74 Å². The fourth-order valence-corrected chi connectivity index (χ4v) is 5.78. The average Bonchev–Trinajstić information content (AvgIpc) is 3.15. The average molecular weight is 421 g/mol. The van der Waals surface area contributed by atoms with Gasteiger partial charge in [-0.05, 0) is 51.3 Å². The molecule has 1 saturated heterocycles. The monoisotopic (exact) mass is 420 g/mol. The van der Waals surface area contributed by atoms with Crippen molar-refractivity contribution in [3.8, 4) is 5.75 Å². The predicted molar refractivity (Wildman–Crippen MR) is 115 cm³/mol. The van der Waals surface area contributed by atoms with E-state index in [1.54, 1.807) is 0 Å². The molecule has 1 aromatic carbocycles. The highest BCUT2D eigenvalue weighted by Gasteiger charge is 2.31. The van der Waals surface area contributed by atoms with Gasteiger partial charge in [-0.1, -0.05) is 12.1 Å². The second-order valence-corrected chi connectivity index (χ2v) is 10.7.